The molecule has 2 rings (SSSR count). The second kappa shape index (κ2) is 4.40. The number of nitrogens with zero attached hydrogens (tertiary/aromatic N) is 2. The zero-order chi connectivity index (χ0) is 10.7. The van der Waals surface area contributed by atoms with Gasteiger partial charge in [0, 0.05) is 29.8 Å². The van der Waals surface area contributed by atoms with Gasteiger partial charge in [0.05, 0.1) is 12.1 Å². The van der Waals surface area contributed by atoms with E-state index in [0.717, 1.165) is 17.0 Å². The molecule has 15 heavy (non-hydrogen) atoms. The standard InChI is InChI=1S/C11H12N2OS/c1-8-6-13-11(15-8)5-9-3-4-10(14-2)12-7-9/h3-4,6-7H,5H2,1-2H3. The maximum Gasteiger partial charge on any atom is 0.212 e. The van der Waals surface area contributed by atoms with Crippen LogP contribution < -0.4 is 4.74 Å². The highest BCUT2D eigenvalue weighted by atomic mass is 32.1. The fourth-order valence-electron chi connectivity index (χ4n) is 1.29. The molecule has 0 aliphatic heterocycles. The highest BCUT2D eigenvalue weighted by molar-refractivity contribution is 7.11. The molecule has 0 saturated heterocycles. The molecule has 0 atom stereocenters. The largest absolute Gasteiger partial charge is 0.481 e. The van der Waals surface area contributed by atoms with E-state index in [1.165, 1.54) is 4.88 Å². The Balaban J connectivity index is 2.11. The molecule has 0 aliphatic rings. The number of aromatic nitrogens is 2. The van der Waals surface area contributed by atoms with E-state index in [1.54, 1.807) is 18.4 Å². The summed E-state index contributed by atoms with van der Waals surface area (Å²) >= 11 is 1.72. The van der Waals surface area contributed by atoms with Crippen molar-refractivity contribution in [2.75, 3.05) is 7.11 Å². The molecule has 0 spiro atoms. The van der Waals surface area contributed by atoms with Gasteiger partial charge in [-0.2, -0.15) is 0 Å². The molecule has 0 saturated carbocycles. The molecule has 0 fully saturated rings. The van der Waals surface area contributed by atoms with Gasteiger partial charge in [-0.1, -0.05) is 6.07 Å². The first-order valence-electron chi connectivity index (χ1n) is 4.68. The summed E-state index contributed by atoms with van der Waals surface area (Å²) in [5, 5.41) is 1.12. The Hall–Kier alpha value is -1.42. The Kier molecular flexibility index (Phi) is 2.97. The normalized spacial score (nSPS) is 10.3. The lowest BCUT2D eigenvalue weighted by Crippen LogP contribution is -1.91. The van der Waals surface area contributed by atoms with E-state index < -0.39 is 0 Å². The van der Waals surface area contributed by atoms with E-state index >= 15 is 0 Å². The van der Waals surface area contributed by atoms with Crippen LogP contribution in [0.2, 0.25) is 0 Å². The average molecular weight is 220 g/mol. The first kappa shape index (κ1) is 10.1. The third-order valence-corrected chi connectivity index (χ3v) is 2.94. The Labute approximate surface area is 92.8 Å². The maximum absolute atomic E-state index is 5.00. The number of hydrogen-bond donors (Lipinski definition) is 0. The van der Waals surface area contributed by atoms with Gasteiger partial charge in [0.15, 0.2) is 0 Å². The minimum absolute atomic E-state index is 0.647. The van der Waals surface area contributed by atoms with Crippen molar-refractivity contribution >= 4 is 11.3 Å². The number of rotatable bonds is 3. The molecule has 0 aromatic carbocycles. The van der Waals surface area contributed by atoms with Gasteiger partial charge >= 0.3 is 0 Å². The van der Waals surface area contributed by atoms with Crippen molar-refractivity contribution < 1.29 is 4.74 Å². The van der Waals surface area contributed by atoms with Crippen molar-refractivity contribution in [2.24, 2.45) is 0 Å². The van der Waals surface area contributed by atoms with Crippen LogP contribution >= 0.6 is 11.3 Å². The summed E-state index contributed by atoms with van der Waals surface area (Å²) in [6.45, 7) is 2.06. The molecule has 0 aliphatic carbocycles. The quantitative estimate of drug-likeness (QED) is 0.797. The number of hydrogen-bond acceptors (Lipinski definition) is 4. The minimum Gasteiger partial charge on any atom is -0.481 e. The van der Waals surface area contributed by atoms with Crippen LogP contribution in [0.4, 0.5) is 0 Å². The summed E-state index contributed by atoms with van der Waals surface area (Å²) in [5.41, 5.74) is 1.16. The Morgan fingerprint density at radius 3 is 2.67 bits per heavy atom. The predicted octanol–water partition coefficient (Wildman–Crippen LogP) is 2.45. The molecule has 2 aromatic heterocycles. The lowest BCUT2D eigenvalue weighted by Gasteiger charge is -2.00. The lowest BCUT2D eigenvalue weighted by atomic mass is 10.2. The van der Waals surface area contributed by atoms with Crippen LogP contribution in [0.3, 0.4) is 0 Å². The molecule has 0 unspecified atom stereocenters. The van der Waals surface area contributed by atoms with E-state index in [2.05, 4.69) is 16.9 Å². The van der Waals surface area contributed by atoms with Crippen molar-refractivity contribution in [2.45, 2.75) is 13.3 Å². The Morgan fingerprint density at radius 2 is 2.13 bits per heavy atom. The van der Waals surface area contributed by atoms with E-state index in [1.807, 2.05) is 24.5 Å². The van der Waals surface area contributed by atoms with Crippen LogP contribution in [0.5, 0.6) is 5.88 Å². The smallest absolute Gasteiger partial charge is 0.212 e. The summed E-state index contributed by atoms with van der Waals surface area (Å²) in [7, 11) is 1.62. The van der Waals surface area contributed by atoms with Crippen LogP contribution in [-0.2, 0) is 6.42 Å². The van der Waals surface area contributed by atoms with E-state index in [0.29, 0.717) is 5.88 Å². The second-order valence-corrected chi connectivity index (χ2v) is 4.57. The number of ether oxygens (including phenoxy) is 1. The van der Waals surface area contributed by atoms with Crippen molar-refractivity contribution in [3.05, 3.63) is 40.0 Å². The fourth-order valence-corrected chi connectivity index (χ4v) is 2.12. The van der Waals surface area contributed by atoms with Crippen molar-refractivity contribution in [1.82, 2.24) is 9.97 Å². The lowest BCUT2D eigenvalue weighted by molar-refractivity contribution is 0.397. The van der Waals surface area contributed by atoms with Crippen LogP contribution in [0.1, 0.15) is 15.4 Å². The van der Waals surface area contributed by atoms with Gasteiger partial charge in [-0.3, -0.25) is 0 Å². The number of pyridine rings is 1. The number of methoxy groups -OCH3 is 1. The number of aryl methyl sites for hydroxylation is 1. The van der Waals surface area contributed by atoms with E-state index in [-0.39, 0.29) is 0 Å². The summed E-state index contributed by atoms with van der Waals surface area (Å²) in [6.07, 6.45) is 4.57. The molecule has 2 aromatic rings. The van der Waals surface area contributed by atoms with Crippen LogP contribution in [0, 0.1) is 6.92 Å². The molecule has 0 N–H and O–H groups in total. The summed E-state index contributed by atoms with van der Waals surface area (Å²) in [6, 6.07) is 3.89. The Morgan fingerprint density at radius 1 is 1.27 bits per heavy atom. The Bertz CT molecular complexity index is 436. The van der Waals surface area contributed by atoms with Crippen LogP contribution in [0.25, 0.3) is 0 Å². The molecule has 4 heteroatoms. The van der Waals surface area contributed by atoms with Gasteiger partial charge in [-0.25, -0.2) is 9.97 Å². The van der Waals surface area contributed by atoms with Gasteiger partial charge in [-0.15, -0.1) is 11.3 Å². The fraction of sp³-hybridized carbons (Fsp3) is 0.273. The van der Waals surface area contributed by atoms with Gasteiger partial charge in [0.25, 0.3) is 0 Å². The maximum atomic E-state index is 5.00. The highest BCUT2D eigenvalue weighted by Crippen LogP contribution is 2.16. The molecule has 2 heterocycles. The predicted molar refractivity (Wildman–Crippen MR) is 60.4 cm³/mol. The van der Waals surface area contributed by atoms with Gasteiger partial charge in [-0.05, 0) is 12.5 Å². The zero-order valence-corrected chi connectivity index (χ0v) is 9.54. The summed E-state index contributed by atoms with van der Waals surface area (Å²) in [4.78, 5) is 9.71. The summed E-state index contributed by atoms with van der Waals surface area (Å²) in [5.74, 6) is 0.647. The molecule has 0 radical (unpaired) electrons. The monoisotopic (exact) mass is 220 g/mol. The average Bonchev–Trinajstić information content (AvgIpc) is 2.65. The van der Waals surface area contributed by atoms with E-state index in [9.17, 15) is 0 Å². The van der Waals surface area contributed by atoms with Gasteiger partial charge < -0.3 is 4.74 Å². The highest BCUT2D eigenvalue weighted by Gasteiger charge is 2.01. The molecule has 3 nitrogen and oxygen atoms in total. The van der Waals surface area contributed by atoms with Crippen molar-refractivity contribution in [3.63, 3.8) is 0 Å². The van der Waals surface area contributed by atoms with Crippen molar-refractivity contribution in [1.29, 1.82) is 0 Å². The van der Waals surface area contributed by atoms with Crippen LogP contribution in [0.15, 0.2) is 24.5 Å². The summed E-state index contributed by atoms with van der Waals surface area (Å²) < 4.78 is 5.00. The molecule has 78 valence electrons. The van der Waals surface area contributed by atoms with Gasteiger partial charge in [0.2, 0.25) is 5.88 Å². The second-order valence-electron chi connectivity index (χ2n) is 3.25. The third-order valence-electron chi connectivity index (χ3n) is 2.03. The molecular formula is C11H12N2OS. The van der Waals surface area contributed by atoms with Crippen LogP contribution in [-0.4, -0.2) is 17.1 Å². The van der Waals surface area contributed by atoms with Gasteiger partial charge in [0.1, 0.15) is 0 Å². The molecular weight excluding hydrogens is 208 g/mol. The molecule has 0 amide bonds. The SMILES string of the molecule is COc1ccc(Cc2ncc(C)s2)cn1. The topological polar surface area (TPSA) is 35.0 Å². The molecule has 0 bridgehead atoms. The third kappa shape index (κ3) is 2.53. The zero-order valence-electron chi connectivity index (χ0n) is 8.73. The first-order chi connectivity index (χ1) is 7.28. The first-order valence-corrected chi connectivity index (χ1v) is 5.50. The minimum atomic E-state index is 0.647. The van der Waals surface area contributed by atoms with E-state index in [4.69, 9.17) is 4.74 Å². The number of thiazole rings is 1. The van der Waals surface area contributed by atoms with Crippen molar-refractivity contribution in [3.8, 4) is 5.88 Å².